The van der Waals surface area contributed by atoms with Gasteiger partial charge in [-0.05, 0) is 48.9 Å². The van der Waals surface area contributed by atoms with E-state index in [2.05, 4.69) is 21.2 Å². The Bertz CT molecular complexity index is 630. The second-order valence-electron chi connectivity index (χ2n) is 4.89. The molecule has 2 aromatic rings. The molecular weight excluding hydrogens is 333 g/mol. The van der Waals surface area contributed by atoms with E-state index in [1.807, 2.05) is 38.1 Å². The van der Waals surface area contributed by atoms with Crippen LogP contribution in [0.3, 0.4) is 0 Å². The molecule has 112 valence electrons. The molecule has 0 saturated carbocycles. The Kier molecular flexibility index (Phi) is 5.37. The van der Waals surface area contributed by atoms with Crippen LogP contribution < -0.4 is 10.1 Å². The molecule has 2 aromatic carbocycles. The van der Waals surface area contributed by atoms with Gasteiger partial charge in [-0.2, -0.15) is 0 Å². The standard InChI is InChI=1S/C17H19BrFNO/c1-4-20-17(14-10-13(18)6-7-15(14)19)12-5-8-16(21-3)11(2)9-12/h5-10,17,20H,4H2,1-3H3. The molecule has 0 radical (unpaired) electrons. The zero-order chi connectivity index (χ0) is 15.4. The number of aryl methyl sites for hydroxylation is 1. The van der Waals surface area contributed by atoms with Crippen LogP contribution in [0.4, 0.5) is 4.39 Å². The molecule has 0 aromatic heterocycles. The first-order valence-electron chi connectivity index (χ1n) is 6.89. The Labute approximate surface area is 133 Å². The summed E-state index contributed by atoms with van der Waals surface area (Å²) in [6, 6.07) is 10.8. The SMILES string of the molecule is CCNC(c1ccc(OC)c(C)c1)c1cc(Br)ccc1F. The van der Waals surface area contributed by atoms with Gasteiger partial charge < -0.3 is 10.1 Å². The van der Waals surface area contributed by atoms with Gasteiger partial charge in [0.05, 0.1) is 13.2 Å². The first kappa shape index (κ1) is 16.0. The van der Waals surface area contributed by atoms with Crippen LogP contribution in [0, 0.1) is 12.7 Å². The zero-order valence-corrected chi connectivity index (χ0v) is 14.0. The highest BCUT2D eigenvalue weighted by molar-refractivity contribution is 9.10. The first-order chi connectivity index (χ1) is 10.1. The van der Waals surface area contributed by atoms with Crippen LogP contribution in [-0.4, -0.2) is 13.7 Å². The van der Waals surface area contributed by atoms with Crippen molar-refractivity contribution in [1.82, 2.24) is 5.32 Å². The first-order valence-corrected chi connectivity index (χ1v) is 7.69. The Morgan fingerprint density at radius 2 is 2.00 bits per heavy atom. The van der Waals surface area contributed by atoms with Crippen molar-refractivity contribution in [2.75, 3.05) is 13.7 Å². The number of ether oxygens (including phenoxy) is 1. The van der Waals surface area contributed by atoms with Gasteiger partial charge in [0.15, 0.2) is 0 Å². The van der Waals surface area contributed by atoms with E-state index in [0.717, 1.165) is 27.9 Å². The third-order valence-corrected chi connectivity index (χ3v) is 3.92. The van der Waals surface area contributed by atoms with Gasteiger partial charge in [0.1, 0.15) is 11.6 Å². The molecule has 2 nitrogen and oxygen atoms in total. The maximum absolute atomic E-state index is 14.2. The van der Waals surface area contributed by atoms with Gasteiger partial charge in [-0.15, -0.1) is 0 Å². The highest BCUT2D eigenvalue weighted by atomic mass is 79.9. The van der Waals surface area contributed by atoms with Crippen LogP contribution in [0.15, 0.2) is 40.9 Å². The number of nitrogens with one attached hydrogen (secondary N) is 1. The number of benzene rings is 2. The molecule has 0 bridgehead atoms. The van der Waals surface area contributed by atoms with Crippen LogP contribution in [0.5, 0.6) is 5.75 Å². The highest BCUT2D eigenvalue weighted by Crippen LogP contribution is 2.30. The second kappa shape index (κ2) is 7.05. The molecule has 1 unspecified atom stereocenters. The Morgan fingerprint density at radius 1 is 1.24 bits per heavy atom. The summed E-state index contributed by atoms with van der Waals surface area (Å²) in [6.45, 7) is 4.75. The van der Waals surface area contributed by atoms with Crippen LogP contribution in [0.25, 0.3) is 0 Å². The summed E-state index contributed by atoms with van der Waals surface area (Å²) in [5.41, 5.74) is 2.69. The monoisotopic (exact) mass is 351 g/mol. The number of hydrogen-bond acceptors (Lipinski definition) is 2. The lowest BCUT2D eigenvalue weighted by molar-refractivity contribution is 0.411. The van der Waals surface area contributed by atoms with Crippen LogP contribution >= 0.6 is 15.9 Å². The van der Waals surface area contributed by atoms with Crippen LogP contribution in [0.2, 0.25) is 0 Å². The summed E-state index contributed by atoms with van der Waals surface area (Å²) in [7, 11) is 1.65. The van der Waals surface area contributed by atoms with E-state index in [-0.39, 0.29) is 11.9 Å². The largest absolute Gasteiger partial charge is 0.496 e. The summed E-state index contributed by atoms with van der Waals surface area (Å²) in [6.07, 6.45) is 0. The average molecular weight is 352 g/mol. The molecule has 0 aliphatic carbocycles. The van der Waals surface area contributed by atoms with Crippen molar-refractivity contribution in [3.8, 4) is 5.75 Å². The molecule has 2 rings (SSSR count). The van der Waals surface area contributed by atoms with Gasteiger partial charge in [0.25, 0.3) is 0 Å². The van der Waals surface area contributed by atoms with Crippen molar-refractivity contribution >= 4 is 15.9 Å². The minimum Gasteiger partial charge on any atom is -0.496 e. The van der Waals surface area contributed by atoms with E-state index in [1.54, 1.807) is 13.2 Å². The van der Waals surface area contributed by atoms with Gasteiger partial charge in [-0.1, -0.05) is 35.0 Å². The fourth-order valence-electron chi connectivity index (χ4n) is 2.43. The predicted octanol–water partition coefficient (Wildman–Crippen LogP) is 4.60. The van der Waals surface area contributed by atoms with Gasteiger partial charge in [0.2, 0.25) is 0 Å². The highest BCUT2D eigenvalue weighted by Gasteiger charge is 2.18. The van der Waals surface area contributed by atoms with Crippen molar-refractivity contribution in [1.29, 1.82) is 0 Å². The van der Waals surface area contributed by atoms with E-state index < -0.39 is 0 Å². The quantitative estimate of drug-likeness (QED) is 0.849. The van der Waals surface area contributed by atoms with E-state index >= 15 is 0 Å². The minimum absolute atomic E-state index is 0.183. The molecule has 0 aliphatic heterocycles. The van der Waals surface area contributed by atoms with Crippen molar-refractivity contribution in [3.63, 3.8) is 0 Å². The molecule has 0 aliphatic rings. The van der Waals surface area contributed by atoms with Crippen molar-refractivity contribution in [2.24, 2.45) is 0 Å². The lowest BCUT2D eigenvalue weighted by Crippen LogP contribution is -2.23. The van der Waals surface area contributed by atoms with Crippen molar-refractivity contribution < 1.29 is 9.13 Å². The number of rotatable bonds is 5. The smallest absolute Gasteiger partial charge is 0.128 e. The Hall–Kier alpha value is -1.39. The van der Waals surface area contributed by atoms with E-state index in [9.17, 15) is 4.39 Å². The molecule has 21 heavy (non-hydrogen) atoms. The number of hydrogen-bond donors (Lipinski definition) is 1. The zero-order valence-electron chi connectivity index (χ0n) is 12.4. The molecule has 0 spiro atoms. The maximum atomic E-state index is 14.2. The summed E-state index contributed by atoms with van der Waals surface area (Å²) in [4.78, 5) is 0. The minimum atomic E-state index is -0.211. The lowest BCUT2D eigenvalue weighted by atomic mass is 9.96. The molecule has 4 heteroatoms. The van der Waals surface area contributed by atoms with E-state index in [4.69, 9.17) is 4.74 Å². The third-order valence-electron chi connectivity index (χ3n) is 3.43. The molecule has 0 amide bonds. The van der Waals surface area contributed by atoms with Crippen LogP contribution in [0.1, 0.15) is 29.7 Å². The predicted molar refractivity (Wildman–Crippen MR) is 87.4 cm³/mol. The van der Waals surface area contributed by atoms with Gasteiger partial charge >= 0.3 is 0 Å². The molecule has 0 fully saturated rings. The Morgan fingerprint density at radius 3 is 2.62 bits per heavy atom. The van der Waals surface area contributed by atoms with Crippen molar-refractivity contribution in [2.45, 2.75) is 19.9 Å². The normalized spacial score (nSPS) is 12.2. The summed E-state index contributed by atoms with van der Waals surface area (Å²) >= 11 is 3.41. The van der Waals surface area contributed by atoms with E-state index in [1.165, 1.54) is 6.07 Å². The van der Waals surface area contributed by atoms with Gasteiger partial charge in [0, 0.05) is 10.0 Å². The summed E-state index contributed by atoms with van der Waals surface area (Å²) in [5, 5.41) is 3.35. The number of methoxy groups -OCH3 is 1. The fraction of sp³-hybridized carbons (Fsp3) is 0.294. The number of halogens is 2. The average Bonchev–Trinajstić information content (AvgIpc) is 2.47. The lowest BCUT2D eigenvalue weighted by Gasteiger charge is -2.21. The maximum Gasteiger partial charge on any atom is 0.128 e. The summed E-state index contributed by atoms with van der Waals surface area (Å²) < 4.78 is 20.3. The Balaban J connectivity index is 2.48. The molecular formula is C17H19BrFNO. The van der Waals surface area contributed by atoms with Crippen molar-refractivity contribution in [3.05, 3.63) is 63.4 Å². The fourth-order valence-corrected chi connectivity index (χ4v) is 2.81. The topological polar surface area (TPSA) is 21.3 Å². The van der Waals surface area contributed by atoms with E-state index in [0.29, 0.717) is 5.56 Å². The third kappa shape index (κ3) is 3.63. The molecule has 1 atom stereocenters. The second-order valence-corrected chi connectivity index (χ2v) is 5.80. The summed E-state index contributed by atoms with van der Waals surface area (Å²) in [5.74, 6) is 0.626. The van der Waals surface area contributed by atoms with Gasteiger partial charge in [-0.25, -0.2) is 4.39 Å². The molecule has 0 saturated heterocycles. The molecule has 1 N–H and O–H groups in total. The van der Waals surface area contributed by atoms with Gasteiger partial charge in [-0.3, -0.25) is 0 Å². The van der Waals surface area contributed by atoms with Crippen LogP contribution in [-0.2, 0) is 0 Å². The molecule has 0 heterocycles.